The predicted octanol–water partition coefficient (Wildman–Crippen LogP) is 2.50. The molecule has 4 heterocycles. The Morgan fingerprint density at radius 1 is 1.06 bits per heavy atom. The molecule has 5 atom stereocenters. The van der Waals surface area contributed by atoms with E-state index in [0.717, 1.165) is 35.6 Å². The van der Waals surface area contributed by atoms with E-state index in [1.54, 1.807) is 6.20 Å². The van der Waals surface area contributed by atoms with Gasteiger partial charge in [0.05, 0.1) is 18.4 Å². The molecule has 3 aliphatic heterocycles. The van der Waals surface area contributed by atoms with Crippen molar-refractivity contribution in [3.05, 3.63) is 48.7 Å². The lowest BCUT2D eigenvalue weighted by molar-refractivity contribution is -0.142. The summed E-state index contributed by atoms with van der Waals surface area (Å²) in [6.45, 7) is 4.82. The van der Waals surface area contributed by atoms with Gasteiger partial charge in [0, 0.05) is 37.1 Å². The third kappa shape index (κ3) is 7.55. The number of benzene rings is 1. The van der Waals surface area contributed by atoms with Crippen molar-refractivity contribution in [2.75, 3.05) is 26.4 Å². The summed E-state index contributed by atoms with van der Waals surface area (Å²) >= 11 is 0. The minimum Gasteiger partial charge on any atom is -0.472 e. The van der Waals surface area contributed by atoms with Crippen LogP contribution in [-0.4, -0.2) is 97.5 Å². The van der Waals surface area contributed by atoms with Gasteiger partial charge in [0.25, 0.3) is 5.91 Å². The minimum absolute atomic E-state index is 0.00523. The Bertz CT molecular complexity index is 1810. The Labute approximate surface area is 297 Å². The number of sulfonamides is 1. The Morgan fingerprint density at radius 3 is 2.61 bits per heavy atom. The van der Waals surface area contributed by atoms with Gasteiger partial charge in [-0.2, -0.15) is 0 Å². The first-order valence-electron chi connectivity index (χ1n) is 17.9. The van der Waals surface area contributed by atoms with Crippen LogP contribution in [-0.2, 0) is 40.3 Å². The number of nitrogens with zero attached hydrogens (tertiary/aromatic N) is 2. The molecule has 0 unspecified atom stereocenters. The highest BCUT2D eigenvalue weighted by molar-refractivity contribution is 7.91. The summed E-state index contributed by atoms with van der Waals surface area (Å²) in [6.07, 6.45) is 7.21. The summed E-state index contributed by atoms with van der Waals surface area (Å²) in [4.78, 5) is 61.4. The summed E-state index contributed by atoms with van der Waals surface area (Å²) in [5.74, 6) is -2.34. The number of hydrogen-bond acceptors (Lipinski definition) is 10. The molecule has 274 valence electrons. The van der Waals surface area contributed by atoms with Gasteiger partial charge in [-0.15, -0.1) is 6.58 Å². The summed E-state index contributed by atoms with van der Waals surface area (Å²) in [5.41, 5.74) is -0.426. The van der Waals surface area contributed by atoms with Crippen LogP contribution >= 0.6 is 0 Å². The van der Waals surface area contributed by atoms with Gasteiger partial charge < -0.3 is 29.7 Å². The second-order valence-electron chi connectivity index (χ2n) is 14.4. The third-order valence-electron chi connectivity index (χ3n) is 10.8. The molecule has 1 aromatic carbocycles. The largest absolute Gasteiger partial charge is 0.472 e. The Kier molecular flexibility index (Phi) is 9.94. The first-order valence-corrected chi connectivity index (χ1v) is 19.5. The topological polar surface area (TPSA) is 182 Å². The quantitative estimate of drug-likeness (QED) is 0.359. The minimum atomic E-state index is -3.88. The van der Waals surface area contributed by atoms with Crippen LogP contribution in [0.15, 0.2) is 43.1 Å². The average Bonchev–Trinajstić information content (AvgIpc) is 4.05. The zero-order chi connectivity index (χ0) is 35.8. The first-order chi connectivity index (χ1) is 24.6. The van der Waals surface area contributed by atoms with Crippen molar-refractivity contribution >= 4 is 44.6 Å². The summed E-state index contributed by atoms with van der Waals surface area (Å²) in [6, 6.07) is 5.92. The number of alkyl carbamates (subject to hydrolysis) is 1. The Morgan fingerprint density at radius 2 is 1.86 bits per heavy atom. The van der Waals surface area contributed by atoms with E-state index in [1.165, 1.54) is 11.0 Å². The molecule has 0 radical (unpaired) electrons. The molecule has 2 aliphatic carbocycles. The number of pyridine rings is 1. The maximum atomic E-state index is 14.6. The van der Waals surface area contributed by atoms with Crippen molar-refractivity contribution < 1.29 is 41.8 Å². The molecular weight excluding hydrogens is 678 g/mol. The van der Waals surface area contributed by atoms with E-state index >= 15 is 0 Å². The second-order valence-corrected chi connectivity index (χ2v) is 16.3. The number of amides is 4. The molecular formula is C36H45N5O9S. The first kappa shape index (κ1) is 35.2. The molecule has 4 bridgehead atoms. The van der Waals surface area contributed by atoms with Gasteiger partial charge in [-0.05, 0) is 86.8 Å². The number of cyclic esters (lactones) is 1. The summed E-state index contributed by atoms with van der Waals surface area (Å²) in [5, 5.41) is 6.74. The monoisotopic (exact) mass is 723 g/mol. The number of rotatable bonds is 7. The smallest absolute Gasteiger partial charge is 0.407 e. The number of hydrogen-bond donors (Lipinski definition) is 3. The summed E-state index contributed by atoms with van der Waals surface area (Å²) in [7, 11) is -3.88. The van der Waals surface area contributed by atoms with Crippen molar-refractivity contribution in [2.45, 2.75) is 93.2 Å². The van der Waals surface area contributed by atoms with Gasteiger partial charge in [0.1, 0.15) is 23.7 Å². The molecule has 7 rings (SSSR count). The van der Waals surface area contributed by atoms with Crippen LogP contribution in [0, 0.1) is 11.8 Å². The van der Waals surface area contributed by atoms with Gasteiger partial charge in [0.2, 0.25) is 27.7 Å². The van der Waals surface area contributed by atoms with Crippen LogP contribution in [0.5, 0.6) is 5.88 Å². The third-order valence-corrected chi connectivity index (χ3v) is 12.6. The molecule has 14 nitrogen and oxygen atoms in total. The van der Waals surface area contributed by atoms with Gasteiger partial charge in [-0.3, -0.25) is 19.1 Å². The van der Waals surface area contributed by atoms with Gasteiger partial charge in [0.15, 0.2) is 0 Å². The SMILES string of the molecule is C=C[C@@H]1C[C@]1(NC(=O)[C@@H]1C[C@@H]2CN1C(=O)[C@H](C1CCOCC1)NC(=O)OCCCCCc1ccc3ccnc(c3c1)O2)C(=O)NS(=O)(=O)C1CC1. The molecule has 0 spiro atoms. The fourth-order valence-corrected chi connectivity index (χ4v) is 8.90. The maximum absolute atomic E-state index is 14.6. The lowest BCUT2D eigenvalue weighted by atomic mass is 9.90. The number of carbonyl (C=O) groups is 4. The van der Waals surface area contributed by atoms with Gasteiger partial charge in [-0.1, -0.05) is 18.2 Å². The van der Waals surface area contributed by atoms with Crippen LogP contribution in [0.4, 0.5) is 4.79 Å². The van der Waals surface area contributed by atoms with E-state index in [-0.39, 0.29) is 31.9 Å². The van der Waals surface area contributed by atoms with Crippen molar-refractivity contribution in [2.24, 2.45) is 11.8 Å². The van der Waals surface area contributed by atoms with E-state index in [4.69, 9.17) is 14.2 Å². The standard InChI is InChI=1S/C36H45N5O9S/c1-2-25-20-36(25,34(44)40-51(46,47)27-9-10-27)39-31(42)29-19-26-21-41(29)33(43)30(24-12-16-48-17-13-24)38-35(45)49-15-5-3-4-6-22-7-8-23-11-14-37-32(50-26)28(23)18-22/h2,7-8,11,14,18,24-27,29-30H,1,3-6,9-10,12-13,15-17,19-21H2,(H,38,45)(H,39,42)(H,40,44)/t25-,26-,29+,30+,36-/m1/s1. The molecule has 2 saturated heterocycles. The molecule has 51 heavy (non-hydrogen) atoms. The Hall–Kier alpha value is -4.24. The normalized spacial score (nSPS) is 29.2. The molecule has 2 saturated carbocycles. The number of aryl methyl sites for hydroxylation is 1. The second kappa shape index (κ2) is 14.4. The van der Waals surface area contributed by atoms with Crippen LogP contribution in [0.1, 0.15) is 63.4 Å². The number of ether oxygens (including phenoxy) is 3. The number of fused-ring (bicyclic) bond motifs is 3. The van der Waals surface area contributed by atoms with Crippen LogP contribution in [0.3, 0.4) is 0 Å². The number of carbonyl (C=O) groups excluding carboxylic acids is 4. The highest BCUT2D eigenvalue weighted by Gasteiger charge is 2.62. The van der Waals surface area contributed by atoms with Crippen molar-refractivity contribution in [1.82, 2.24) is 25.2 Å². The van der Waals surface area contributed by atoms with E-state index < -0.39 is 68.7 Å². The van der Waals surface area contributed by atoms with Crippen LogP contribution < -0.4 is 20.1 Å². The fourth-order valence-electron chi connectivity index (χ4n) is 7.54. The lowest BCUT2D eigenvalue weighted by Gasteiger charge is -2.34. The van der Waals surface area contributed by atoms with Crippen LogP contribution in [0.25, 0.3) is 10.8 Å². The van der Waals surface area contributed by atoms with Crippen molar-refractivity contribution in [3.63, 3.8) is 0 Å². The van der Waals surface area contributed by atoms with E-state index in [9.17, 15) is 27.6 Å². The Balaban J connectivity index is 1.20. The predicted molar refractivity (Wildman–Crippen MR) is 185 cm³/mol. The lowest BCUT2D eigenvalue weighted by Crippen LogP contribution is -2.59. The van der Waals surface area contributed by atoms with Gasteiger partial charge in [-0.25, -0.2) is 18.2 Å². The fraction of sp³-hybridized carbons (Fsp3) is 0.583. The zero-order valence-electron chi connectivity index (χ0n) is 28.5. The summed E-state index contributed by atoms with van der Waals surface area (Å²) < 4.78 is 45.1. The molecule has 4 fully saturated rings. The molecule has 1 aromatic heterocycles. The number of aromatic nitrogens is 1. The van der Waals surface area contributed by atoms with Crippen molar-refractivity contribution in [3.8, 4) is 5.88 Å². The zero-order valence-corrected chi connectivity index (χ0v) is 29.3. The molecule has 4 amide bonds. The highest BCUT2D eigenvalue weighted by Crippen LogP contribution is 2.45. The highest BCUT2D eigenvalue weighted by atomic mass is 32.2. The molecule has 5 aliphatic rings. The van der Waals surface area contributed by atoms with Gasteiger partial charge >= 0.3 is 6.09 Å². The van der Waals surface area contributed by atoms with E-state index in [0.29, 0.717) is 51.2 Å². The average molecular weight is 724 g/mol. The molecule has 2 aromatic rings. The van der Waals surface area contributed by atoms with E-state index in [2.05, 4.69) is 39.1 Å². The van der Waals surface area contributed by atoms with Crippen molar-refractivity contribution in [1.29, 1.82) is 0 Å². The molecule has 3 N–H and O–H groups in total. The number of nitrogens with one attached hydrogen (secondary N) is 3. The van der Waals surface area contributed by atoms with E-state index in [1.807, 2.05) is 12.1 Å². The van der Waals surface area contributed by atoms with Crippen LogP contribution in [0.2, 0.25) is 0 Å². The molecule has 15 heteroatoms. The maximum Gasteiger partial charge on any atom is 0.407 e.